The molecule has 0 saturated carbocycles. The van der Waals surface area contributed by atoms with Gasteiger partial charge in [-0.25, -0.2) is 26.3 Å². The van der Waals surface area contributed by atoms with Gasteiger partial charge in [0, 0.05) is 0 Å². The second-order valence-corrected chi connectivity index (χ2v) is 7.36. The van der Waals surface area contributed by atoms with Gasteiger partial charge in [-0.05, 0) is 88.0 Å². The van der Waals surface area contributed by atoms with Crippen LogP contribution in [-0.4, -0.2) is 0 Å². The van der Waals surface area contributed by atoms with E-state index in [-0.39, 0.29) is 33.4 Å². The molecule has 4 aromatic rings. The summed E-state index contributed by atoms with van der Waals surface area (Å²) in [5, 5.41) is 0. The number of benzene rings is 4. The number of rotatable bonds is 3. The summed E-state index contributed by atoms with van der Waals surface area (Å²) >= 11 is 0. The van der Waals surface area contributed by atoms with Crippen LogP contribution in [0.25, 0.3) is 33.4 Å². The summed E-state index contributed by atoms with van der Waals surface area (Å²) in [6, 6.07) is 10.0. The Bertz CT molecular complexity index is 1170. The maximum atomic E-state index is 14.1. The van der Waals surface area contributed by atoms with Gasteiger partial charge >= 0.3 is 0 Å². The molecule has 33 heavy (non-hydrogen) atoms. The fourth-order valence-electron chi connectivity index (χ4n) is 3.38. The Balaban J connectivity index is 2.00. The number of nitrogen functional groups attached to an aromatic ring is 3. The van der Waals surface area contributed by atoms with E-state index >= 15 is 0 Å². The molecule has 0 atom stereocenters. The van der Waals surface area contributed by atoms with E-state index in [1.807, 2.05) is 0 Å². The summed E-state index contributed by atoms with van der Waals surface area (Å²) in [6.45, 7) is 0. The number of nitrogens with two attached hydrogens (primary N) is 3. The van der Waals surface area contributed by atoms with Crippen LogP contribution in [0.5, 0.6) is 0 Å². The second-order valence-electron chi connectivity index (χ2n) is 7.36. The van der Waals surface area contributed by atoms with E-state index < -0.39 is 52.0 Å². The zero-order valence-electron chi connectivity index (χ0n) is 16.7. The first-order valence-electron chi connectivity index (χ1n) is 9.45. The lowest BCUT2D eigenvalue weighted by atomic mass is 9.92. The van der Waals surface area contributed by atoms with Crippen molar-refractivity contribution in [3.63, 3.8) is 0 Å². The third kappa shape index (κ3) is 4.05. The molecule has 0 unspecified atom stereocenters. The van der Waals surface area contributed by atoms with Gasteiger partial charge in [-0.2, -0.15) is 0 Å². The highest BCUT2D eigenvalue weighted by Gasteiger charge is 2.16. The minimum atomic E-state index is -1.02. The zero-order valence-corrected chi connectivity index (χ0v) is 16.7. The SMILES string of the molecule is Nc1c(F)cc(-c2cc(-c3cc(F)c(N)c(F)c3)cc(-c3cc(F)c(N)c(F)c3)c2)cc1F. The van der Waals surface area contributed by atoms with Crippen LogP contribution in [0, 0.1) is 34.9 Å². The first kappa shape index (κ1) is 22.1. The van der Waals surface area contributed by atoms with Gasteiger partial charge in [0.05, 0.1) is 0 Å². The van der Waals surface area contributed by atoms with E-state index in [1.165, 1.54) is 18.2 Å². The third-order valence-corrected chi connectivity index (χ3v) is 5.17. The van der Waals surface area contributed by atoms with Gasteiger partial charge in [-0.15, -0.1) is 0 Å². The van der Waals surface area contributed by atoms with E-state index in [4.69, 9.17) is 17.2 Å². The van der Waals surface area contributed by atoms with Crippen molar-refractivity contribution in [3.05, 3.63) is 89.5 Å². The van der Waals surface area contributed by atoms with Gasteiger partial charge in [0.1, 0.15) is 52.0 Å². The maximum Gasteiger partial charge on any atom is 0.149 e. The summed E-state index contributed by atoms with van der Waals surface area (Å²) in [6.07, 6.45) is 0. The zero-order chi connectivity index (χ0) is 24.0. The van der Waals surface area contributed by atoms with E-state index in [1.54, 1.807) is 0 Å². The molecule has 0 aliphatic carbocycles. The van der Waals surface area contributed by atoms with Gasteiger partial charge in [-0.3, -0.25) is 0 Å². The van der Waals surface area contributed by atoms with Crippen LogP contribution in [0.1, 0.15) is 0 Å². The Morgan fingerprint density at radius 3 is 0.636 bits per heavy atom. The molecule has 0 heterocycles. The van der Waals surface area contributed by atoms with Crippen molar-refractivity contribution in [1.82, 2.24) is 0 Å². The van der Waals surface area contributed by atoms with E-state index in [0.717, 1.165) is 36.4 Å². The van der Waals surface area contributed by atoms with Crippen LogP contribution in [0.3, 0.4) is 0 Å². The van der Waals surface area contributed by atoms with Crippen molar-refractivity contribution in [1.29, 1.82) is 0 Å². The fourth-order valence-corrected chi connectivity index (χ4v) is 3.38. The van der Waals surface area contributed by atoms with Crippen molar-refractivity contribution in [2.75, 3.05) is 17.2 Å². The van der Waals surface area contributed by atoms with Crippen LogP contribution in [0.4, 0.5) is 43.4 Å². The molecule has 4 rings (SSSR count). The van der Waals surface area contributed by atoms with E-state index in [2.05, 4.69) is 0 Å². The van der Waals surface area contributed by atoms with Crippen LogP contribution in [-0.2, 0) is 0 Å². The van der Waals surface area contributed by atoms with Gasteiger partial charge < -0.3 is 17.2 Å². The molecular formula is C24H15F6N3. The number of hydrogen-bond donors (Lipinski definition) is 3. The predicted molar refractivity (Wildman–Crippen MR) is 116 cm³/mol. The Hall–Kier alpha value is -4.14. The first-order chi connectivity index (χ1) is 15.5. The summed E-state index contributed by atoms with van der Waals surface area (Å²) in [7, 11) is 0. The van der Waals surface area contributed by atoms with Gasteiger partial charge in [-0.1, -0.05) is 0 Å². The monoisotopic (exact) mass is 459 g/mol. The predicted octanol–water partition coefficient (Wildman–Crippen LogP) is 6.27. The minimum Gasteiger partial charge on any atom is -0.394 e. The molecule has 9 heteroatoms. The van der Waals surface area contributed by atoms with Crippen LogP contribution < -0.4 is 17.2 Å². The van der Waals surface area contributed by atoms with Crippen molar-refractivity contribution in [3.8, 4) is 33.4 Å². The second kappa shape index (κ2) is 8.09. The summed E-state index contributed by atoms with van der Waals surface area (Å²) in [5.41, 5.74) is 14.6. The minimum absolute atomic E-state index is 0.0371. The van der Waals surface area contributed by atoms with Gasteiger partial charge in [0.15, 0.2) is 0 Å². The topological polar surface area (TPSA) is 78.1 Å². The first-order valence-corrected chi connectivity index (χ1v) is 9.45. The molecule has 168 valence electrons. The fraction of sp³-hybridized carbons (Fsp3) is 0. The Morgan fingerprint density at radius 1 is 0.303 bits per heavy atom. The number of hydrogen-bond acceptors (Lipinski definition) is 3. The van der Waals surface area contributed by atoms with Gasteiger partial charge in [0.25, 0.3) is 0 Å². The molecule has 0 aliphatic heterocycles. The highest BCUT2D eigenvalue weighted by molar-refractivity contribution is 5.82. The lowest BCUT2D eigenvalue weighted by molar-refractivity contribution is 0.592. The standard InChI is InChI=1S/C24H15F6N3/c25-16-4-13(5-17(26)22(16)31)10-1-11(14-6-18(27)23(32)19(28)7-14)3-12(2-10)15-8-20(29)24(33)21(30)9-15/h1-9H,31-33H2. The molecular weight excluding hydrogens is 444 g/mol. The Kier molecular flexibility index (Phi) is 5.41. The molecule has 0 fully saturated rings. The van der Waals surface area contributed by atoms with Crippen molar-refractivity contribution < 1.29 is 26.3 Å². The molecule has 0 radical (unpaired) electrons. The third-order valence-electron chi connectivity index (χ3n) is 5.17. The summed E-state index contributed by atoms with van der Waals surface area (Å²) in [4.78, 5) is 0. The molecule has 0 aliphatic rings. The van der Waals surface area contributed by atoms with Crippen molar-refractivity contribution >= 4 is 17.1 Å². The molecule has 0 amide bonds. The average Bonchev–Trinajstić information content (AvgIpc) is 2.78. The molecule has 0 aromatic heterocycles. The van der Waals surface area contributed by atoms with Crippen molar-refractivity contribution in [2.45, 2.75) is 0 Å². The molecule has 0 saturated heterocycles. The highest BCUT2D eigenvalue weighted by atomic mass is 19.2. The molecule has 3 nitrogen and oxygen atoms in total. The van der Waals surface area contributed by atoms with Crippen LogP contribution >= 0.6 is 0 Å². The normalized spacial score (nSPS) is 11.1. The van der Waals surface area contributed by atoms with Crippen molar-refractivity contribution in [2.24, 2.45) is 0 Å². The lowest BCUT2D eigenvalue weighted by Gasteiger charge is -2.13. The summed E-state index contributed by atoms with van der Waals surface area (Å²) < 4.78 is 84.5. The Morgan fingerprint density at radius 2 is 0.455 bits per heavy atom. The maximum absolute atomic E-state index is 14.1. The largest absolute Gasteiger partial charge is 0.394 e. The molecule has 4 aromatic carbocycles. The summed E-state index contributed by atoms with van der Waals surface area (Å²) in [5.74, 6) is -6.13. The van der Waals surface area contributed by atoms with Crippen LogP contribution in [0.15, 0.2) is 54.6 Å². The molecule has 0 bridgehead atoms. The van der Waals surface area contributed by atoms with Gasteiger partial charge in [0.2, 0.25) is 0 Å². The number of anilines is 3. The Labute approximate surface area is 184 Å². The smallest absolute Gasteiger partial charge is 0.149 e. The number of halogens is 6. The highest BCUT2D eigenvalue weighted by Crippen LogP contribution is 2.36. The molecule has 0 spiro atoms. The van der Waals surface area contributed by atoms with Crippen LogP contribution in [0.2, 0.25) is 0 Å². The average molecular weight is 459 g/mol. The lowest BCUT2D eigenvalue weighted by Crippen LogP contribution is -1.98. The van der Waals surface area contributed by atoms with E-state index in [0.29, 0.717) is 0 Å². The van der Waals surface area contributed by atoms with E-state index in [9.17, 15) is 26.3 Å². The molecule has 6 N–H and O–H groups in total. The quantitative estimate of drug-likeness (QED) is 0.250.